The molecule has 0 spiro atoms. The maximum absolute atomic E-state index is 11.1. The van der Waals surface area contributed by atoms with Gasteiger partial charge in [0, 0.05) is 15.1 Å². The largest absolute Gasteiger partial charge is 0.478 e. The third-order valence-corrected chi connectivity index (χ3v) is 3.84. The molecule has 2 aromatic rings. The minimum absolute atomic E-state index is 0.207. The fourth-order valence-electron chi connectivity index (χ4n) is 1.61. The molecule has 0 aliphatic heterocycles. The van der Waals surface area contributed by atoms with Gasteiger partial charge in [-0.2, -0.15) is 0 Å². The molecular weight excluding hydrogens is 376 g/mol. The molecule has 0 aliphatic carbocycles. The van der Waals surface area contributed by atoms with Crippen molar-refractivity contribution in [1.29, 1.82) is 0 Å². The highest BCUT2D eigenvalue weighted by Gasteiger charge is 2.11. The lowest BCUT2D eigenvalue weighted by Crippen LogP contribution is -2.09. The molecule has 6 heteroatoms. The number of halogens is 2. The van der Waals surface area contributed by atoms with Gasteiger partial charge in [-0.1, -0.05) is 6.07 Å². The Morgan fingerprint density at radius 2 is 1.89 bits per heavy atom. The van der Waals surface area contributed by atoms with Gasteiger partial charge >= 0.3 is 5.97 Å². The van der Waals surface area contributed by atoms with E-state index in [0.717, 1.165) is 14.6 Å². The zero-order chi connectivity index (χ0) is 13.8. The number of rotatable bonds is 4. The van der Waals surface area contributed by atoms with Crippen molar-refractivity contribution in [3.05, 3.63) is 56.7 Å². The molecule has 1 aromatic carbocycles. The third kappa shape index (κ3) is 3.33. The van der Waals surface area contributed by atoms with E-state index >= 15 is 0 Å². The zero-order valence-electron chi connectivity index (χ0n) is 9.73. The zero-order valence-corrected chi connectivity index (χ0v) is 12.9. The lowest BCUT2D eigenvalue weighted by molar-refractivity contribution is 0.0695. The van der Waals surface area contributed by atoms with Crippen molar-refractivity contribution in [2.24, 2.45) is 0 Å². The predicted molar refractivity (Wildman–Crippen MR) is 80.4 cm³/mol. The highest BCUT2D eigenvalue weighted by Crippen LogP contribution is 2.30. The van der Waals surface area contributed by atoms with Gasteiger partial charge in [0.15, 0.2) is 0 Å². The summed E-state index contributed by atoms with van der Waals surface area (Å²) in [4.78, 5) is 15.2. The Morgan fingerprint density at radius 3 is 2.53 bits per heavy atom. The molecule has 0 amide bonds. The lowest BCUT2D eigenvalue weighted by Gasteiger charge is -2.11. The van der Waals surface area contributed by atoms with E-state index in [1.54, 1.807) is 18.3 Å². The number of carboxylic acid groups (broad SMARTS) is 1. The fraction of sp³-hybridized carbons (Fsp3) is 0.0769. The van der Waals surface area contributed by atoms with E-state index in [2.05, 4.69) is 42.2 Å². The Labute approximate surface area is 127 Å². The first-order chi connectivity index (χ1) is 9.09. The lowest BCUT2D eigenvalue weighted by atomic mass is 10.2. The number of anilines is 1. The number of para-hydroxylation sites is 1. The van der Waals surface area contributed by atoms with Crippen molar-refractivity contribution in [1.82, 2.24) is 4.98 Å². The first-order valence-electron chi connectivity index (χ1n) is 5.44. The van der Waals surface area contributed by atoms with Gasteiger partial charge in [0.1, 0.15) is 0 Å². The summed E-state index contributed by atoms with van der Waals surface area (Å²) in [5, 5.41) is 12.3. The Balaban J connectivity index is 2.22. The molecule has 98 valence electrons. The first-order valence-corrected chi connectivity index (χ1v) is 7.03. The highest BCUT2D eigenvalue weighted by atomic mass is 79.9. The molecule has 0 unspecified atom stereocenters. The van der Waals surface area contributed by atoms with Crippen LogP contribution in [-0.2, 0) is 6.54 Å². The molecule has 0 aliphatic rings. The molecule has 0 saturated carbocycles. The number of hydrogen-bond donors (Lipinski definition) is 2. The van der Waals surface area contributed by atoms with Crippen molar-refractivity contribution in [3.63, 3.8) is 0 Å². The Bertz CT molecular complexity index is 597. The van der Waals surface area contributed by atoms with Crippen LogP contribution in [0.3, 0.4) is 0 Å². The van der Waals surface area contributed by atoms with Crippen molar-refractivity contribution < 1.29 is 9.90 Å². The van der Waals surface area contributed by atoms with Crippen LogP contribution in [0, 0.1) is 0 Å². The topological polar surface area (TPSA) is 62.2 Å². The number of carbonyl (C=O) groups is 1. The van der Waals surface area contributed by atoms with Gasteiger partial charge in [0.05, 0.1) is 23.5 Å². The van der Waals surface area contributed by atoms with Gasteiger partial charge in [0.25, 0.3) is 0 Å². The van der Waals surface area contributed by atoms with Crippen LogP contribution in [-0.4, -0.2) is 16.1 Å². The maximum Gasteiger partial charge on any atom is 0.337 e. The van der Waals surface area contributed by atoms with Crippen molar-refractivity contribution in [2.45, 2.75) is 6.54 Å². The number of nitrogens with zero attached hydrogens (tertiary/aromatic N) is 1. The van der Waals surface area contributed by atoms with Crippen molar-refractivity contribution in [3.8, 4) is 0 Å². The Morgan fingerprint density at radius 1 is 1.21 bits per heavy atom. The van der Waals surface area contributed by atoms with Gasteiger partial charge in [-0.25, -0.2) is 4.79 Å². The number of benzene rings is 1. The van der Waals surface area contributed by atoms with Crippen LogP contribution < -0.4 is 5.32 Å². The second-order valence-electron chi connectivity index (χ2n) is 3.75. The van der Waals surface area contributed by atoms with Crippen LogP contribution in [0.5, 0.6) is 0 Å². The Hall–Kier alpha value is -1.40. The van der Waals surface area contributed by atoms with Crippen LogP contribution in [0.1, 0.15) is 16.1 Å². The smallest absolute Gasteiger partial charge is 0.337 e. The molecule has 0 fully saturated rings. The van der Waals surface area contributed by atoms with Crippen LogP contribution in [0.15, 0.2) is 45.5 Å². The van der Waals surface area contributed by atoms with E-state index in [9.17, 15) is 4.79 Å². The molecule has 19 heavy (non-hydrogen) atoms. The molecule has 0 radical (unpaired) electrons. The van der Waals surface area contributed by atoms with E-state index in [1.807, 2.05) is 18.2 Å². The average Bonchev–Trinajstić information content (AvgIpc) is 2.38. The molecular formula is C13H10Br2N2O2. The third-order valence-electron chi connectivity index (χ3n) is 2.52. The first kappa shape index (κ1) is 14.0. The van der Waals surface area contributed by atoms with Crippen LogP contribution in [0.25, 0.3) is 0 Å². The summed E-state index contributed by atoms with van der Waals surface area (Å²) >= 11 is 6.88. The molecule has 0 bridgehead atoms. The normalized spacial score (nSPS) is 10.2. The van der Waals surface area contributed by atoms with Crippen LogP contribution >= 0.6 is 31.9 Å². The monoisotopic (exact) mass is 384 g/mol. The maximum atomic E-state index is 11.1. The van der Waals surface area contributed by atoms with Crippen molar-refractivity contribution in [2.75, 3.05) is 5.32 Å². The standard InChI is InChI=1S/C13H10Br2N2O2/c14-9-4-1-5-10(15)12(9)17-7-11-8(13(18)19)3-2-6-16-11/h1-6,17H,7H2,(H,18,19). The summed E-state index contributed by atoms with van der Waals surface area (Å²) in [6, 6.07) is 8.87. The number of aromatic carboxylic acids is 1. The van der Waals surface area contributed by atoms with Gasteiger partial charge in [-0.3, -0.25) is 4.98 Å². The van der Waals surface area contributed by atoms with E-state index in [1.165, 1.54) is 0 Å². The molecule has 1 aromatic heterocycles. The van der Waals surface area contributed by atoms with E-state index in [-0.39, 0.29) is 5.56 Å². The summed E-state index contributed by atoms with van der Waals surface area (Å²) in [5.74, 6) is -0.976. The molecule has 0 atom stereocenters. The summed E-state index contributed by atoms with van der Waals surface area (Å²) in [5.41, 5.74) is 1.57. The molecule has 2 N–H and O–H groups in total. The van der Waals surface area contributed by atoms with Crippen LogP contribution in [0.4, 0.5) is 5.69 Å². The number of pyridine rings is 1. The minimum Gasteiger partial charge on any atom is -0.478 e. The second kappa shape index (κ2) is 6.16. The molecule has 4 nitrogen and oxygen atoms in total. The average molecular weight is 386 g/mol. The van der Waals surface area contributed by atoms with E-state index in [0.29, 0.717) is 12.2 Å². The number of hydrogen-bond acceptors (Lipinski definition) is 3. The highest BCUT2D eigenvalue weighted by molar-refractivity contribution is 9.11. The number of carboxylic acids is 1. The molecule has 1 heterocycles. The summed E-state index contributed by atoms with van der Waals surface area (Å²) in [6.07, 6.45) is 1.58. The van der Waals surface area contributed by atoms with Gasteiger partial charge < -0.3 is 10.4 Å². The van der Waals surface area contributed by atoms with Crippen LogP contribution in [0.2, 0.25) is 0 Å². The predicted octanol–water partition coefficient (Wildman–Crippen LogP) is 3.92. The van der Waals surface area contributed by atoms with E-state index in [4.69, 9.17) is 5.11 Å². The van der Waals surface area contributed by atoms with Crippen molar-refractivity contribution >= 4 is 43.5 Å². The summed E-state index contributed by atoms with van der Waals surface area (Å²) < 4.78 is 1.80. The number of aromatic nitrogens is 1. The number of nitrogens with one attached hydrogen (secondary N) is 1. The van der Waals surface area contributed by atoms with Gasteiger partial charge in [-0.15, -0.1) is 0 Å². The fourth-order valence-corrected chi connectivity index (χ4v) is 2.89. The summed E-state index contributed by atoms with van der Waals surface area (Å²) in [6.45, 7) is 0.337. The van der Waals surface area contributed by atoms with Gasteiger partial charge in [0.2, 0.25) is 0 Å². The molecule has 2 rings (SSSR count). The Kier molecular flexibility index (Phi) is 4.55. The summed E-state index contributed by atoms with van der Waals surface area (Å²) in [7, 11) is 0. The van der Waals surface area contributed by atoms with Gasteiger partial charge in [-0.05, 0) is 56.1 Å². The minimum atomic E-state index is -0.976. The van der Waals surface area contributed by atoms with E-state index < -0.39 is 5.97 Å². The molecule has 0 saturated heterocycles. The quantitative estimate of drug-likeness (QED) is 0.837. The SMILES string of the molecule is O=C(O)c1cccnc1CNc1c(Br)cccc1Br. The second-order valence-corrected chi connectivity index (χ2v) is 5.46.